The summed E-state index contributed by atoms with van der Waals surface area (Å²) in [6.07, 6.45) is 1.86. The summed E-state index contributed by atoms with van der Waals surface area (Å²) in [5.41, 5.74) is -1.36. The van der Waals surface area contributed by atoms with Gasteiger partial charge in [0.1, 0.15) is 0 Å². The summed E-state index contributed by atoms with van der Waals surface area (Å²) in [7, 11) is 0. The lowest BCUT2D eigenvalue weighted by molar-refractivity contribution is -0.0464. The van der Waals surface area contributed by atoms with Crippen LogP contribution in [0.5, 0.6) is 0 Å². The lowest BCUT2D eigenvalue weighted by atomic mass is 9.82. The average Bonchev–Trinajstić information content (AvgIpc) is 3.17. The molecule has 1 aliphatic carbocycles. The van der Waals surface area contributed by atoms with Gasteiger partial charge >= 0.3 is 6.03 Å². The van der Waals surface area contributed by atoms with Gasteiger partial charge in [0.05, 0.1) is 5.69 Å². The molecule has 0 spiro atoms. The van der Waals surface area contributed by atoms with Gasteiger partial charge in [-0.05, 0) is 25.0 Å². The lowest BCUT2D eigenvalue weighted by Gasteiger charge is -2.39. The van der Waals surface area contributed by atoms with Crippen LogP contribution in [0.25, 0.3) is 0 Å². The van der Waals surface area contributed by atoms with Gasteiger partial charge in [0.2, 0.25) is 0 Å². The largest absolute Gasteiger partial charge is 0.320 e. The Balaban J connectivity index is 2.20. The fraction of sp³-hybridized carbons (Fsp3) is 0.400. The predicted molar refractivity (Wildman–Crippen MR) is 79.1 cm³/mol. The fourth-order valence-corrected chi connectivity index (χ4v) is 2.69. The van der Waals surface area contributed by atoms with Crippen molar-refractivity contribution in [2.24, 2.45) is 5.92 Å². The average molecular weight is 355 g/mol. The Morgan fingerprint density at radius 3 is 2.76 bits per heavy atom. The number of halogens is 3. The Kier molecular flexibility index (Phi) is 3.21. The standard InChI is InChI=1S/C15H13BrF2N2O/c1-14(17,18)15(7-6-9-2-3-9)11-5-4-10(16)8-12(11)19-13(21)20-15/h4-5,8-9H,2-3H2,1H3,(H2,19,20,21)/t15-/m1/s1. The molecule has 1 aliphatic heterocycles. The number of rotatable bonds is 1. The molecule has 110 valence electrons. The van der Waals surface area contributed by atoms with E-state index in [1.165, 1.54) is 0 Å². The molecule has 21 heavy (non-hydrogen) atoms. The molecule has 0 bridgehead atoms. The molecule has 2 amide bonds. The second-order valence-corrected chi connectivity index (χ2v) is 6.37. The summed E-state index contributed by atoms with van der Waals surface area (Å²) < 4.78 is 29.4. The number of carbonyl (C=O) groups is 1. The molecule has 3 nitrogen and oxygen atoms in total. The number of benzene rings is 1. The van der Waals surface area contributed by atoms with Crippen molar-refractivity contribution < 1.29 is 13.6 Å². The van der Waals surface area contributed by atoms with Gasteiger partial charge in [-0.15, -0.1) is 0 Å². The van der Waals surface area contributed by atoms with Crippen LogP contribution in [0, 0.1) is 17.8 Å². The van der Waals surface area contributed by atoms with Crippen LogP contribution in [0.3, 0.4) is 0 Å². The minimum absolute atomic E-state index is 0.162. The summed E-state index contributed by atoms with van der Waals surface area (Å²) >= 11 is 3.28. The molecule has 2 aliphatic rings. The normalized spacial score (nSPS) is 24.3. The number of hydrogen-bond donors (Lipinski definition) is 2. The number of amides is 2. The fourth-order valence-electron chi connectivity index (χ4n) is 2.33. The predicted octanol–water partition coefficient (Wildman–Crippen LogP) is 3.85. The van der Waals surface area contributed by atoms with Gasteiger partial charge in [0, 0.05) is 22.9 Å². The molecule has 3 rings (SSSR count). The quantitative estimate of drug-likeness (QED) is 0.739. The third kappa shape index (κ3) is 2.51. The molecule has 6 heteroatoms. The van der Waals surface area contributed by atoms with Crippen molar-refractivity contribution in [3.05, 3.63) is 28.2 Å². The third-order valence-electron chi connectivity index (χ3n) is 3.63. The molecule has 0 radical (unpaired) electrons. The van der Waals surface area contributed by atoms with Crippen LogP contribution < -0.4 is 10.6 Å². The summed E-state index contributed by atoms with van der Waals surface area (Å²) in [5.74, 6) is 2.47. The highest BCUT2D eigenvalue weighted by Crippen LogP contribution is 2.43. The second-order valence-electron chi connectivity index (χ2n) is 5.45. The summed E-state index contributed by atoms with van der Waals surface area (Å²) in [6.45, 7) is 0.784. The number of anilines is 1. The summed E-state index contributed by atoms with van der Waals surface area (Å²) in [5, 5.41) is 4.89. The molecular formula is C15H13BrF2N2O. The minimum Gasteiger partial charge on any atom is -0.312 e. The highest BCUT2D eigenvalue weighted by atomic mass is 79.9. The van der Waals surface area contributed by atoms with Crippen LogP contribution in [0.15, 0.2) is 22.7 Å². The van der Waals surface area contributed by atoms with E-state index < -0.39 is 17.5 Å². The molecule has 1 aromatic rings. The van der Waals surface area contributed by atoms with Gasteiger partial charge in [0.15, 0.2) is 5.54 Å². The first-order valence-electron chi connectivity index (χ1n) is 6.61. The van der Waals surface area contributed by atoms with Gasteiger partial charge in [-0.1, -0.05) is 33.8 Å². The first-order chi connectivity index (χ1) is 9.82. The SMILES string of the molecule is CC(F)(F)[C@]1(C#CC2CC2)NC(=O)Nc2cc(Br)ccc21. The number of nitrogens with one attached hydrogen (secondary N) is 2. The van der Waals surface area contributed by atoms with Gasteiger partial charge in [-0.25, -0.2) is 13.6 Å². The zero-order valence-corrected chi connectivity index (χ0v) is 12.9. The molecule has 1 atom stereocenters. The molecule has 2 N–H and O–H groups in total. The van der Waals surface area contributed by atoms with Gasteiger partial charge in [-0.3, -0.25) is 0 Å². The van der Waals surface area contributed by atoms with E-state index in [9.17, 15) is 13.6 Å². The zero-order valence-electron chi connectivity index (χ0n) is 11.3. The van der Waals surface area contributed by atoms with Gasteiger partial charge < -0.3 is 10.6 Å². The molecule has 1 saturated carbocycles. The highest BCUT2D eigenvalue weighted by Gasteiger charge is 2.55. The summed E-state index contributed by atoms with van der Waals surface area (Å²) in [4.78, 5) is 11.8. The van der Waals surface area contributed by atoms with Crippen LogP contribution in [-0.2, 0) is 5.54 Å². The Morgan fingerprint density at radius 2 is 2.14 bits per heavy atom. The van der Waals surface area contributed by atoms with E-state index >= 15 is 0 Å². The van der Waals surface area contributed by atoms with Crippen LogP contribution >= 0.6 is 15.9 Å². The molecular weight excluding hydrogens is 342 g/mol. The van der Waals surface area contributed by atoms with Crippen molar-refractivity contribution in [3.63, 3.8) is 0 Å². The van der Waals surface area contributed by atoms with Crippen molar-refractivity contribution in [2.45, 2.75) is 31.2 Å². The topological polar surface area (TPSA) is 41.1 Å². The van der Waals surface area contributed by atoms with E-state index in [1.807, 2.05) is 0 Å². The Labute approximate surface area is 129 Å². The molecule has 0 aromatic heterocycles. The Morgan fingerprint density at radius 1 is 1.43 bits per heavy atom. The zero-order chi connectivity index (χ0) is 15.3. The van der Waals surface area contributed by atoms with Crippen molar-refractivity contribution in [3.8, 4) is 11.8 Å². The van der Waals surface area contributed by atoms with Crippen molar-refractivity contribution in [1.29, 1.82) is 0 Å². The number of urea groups is 1. The Hall–Kier alpha value is -1.61. The first-order valence-corrected chi connectivity index (χ1v) is 7.41. The number of fused-ring (bicyclic) bond motifs is 1. The van der Waals surface area contributed by atoms with E-state index in [4.69, 9.17) is 0 Å². The third-order valence-corrected chi connectivity index (χ3v) is 4.13. The molecule has 1 heterocycles. The first kappa shape index (κ1) is 14.3. The van der Waals surface area contributed by atoms with Crippen molar-refractivity contribution >= 4 is 27.6 Å². The van der Waals surface area contributed by atoms with Gasteiger partial charge in [-0.2, -0.15) is 0 Å². The molecule has 0 unspecified atom stereocenters. The maximum atomic E-state index is 14.3. The molecule has 0 saturated heterocycles. The smallest absolute Gasteiger partial charge is 0.312 e. The van der Waals surface area contributed by atoms with E-state index in [0.717, 1.165) is 19.8 Å². The van der Waals surface area contributed by atoms with E-state index in [1.54, 1.807) is 18.2 Å². The van der Waals surface area contributed by atoms with Gasteiger partial charge in [0.25, 0.3) is 5.92 Å². The molecule has 1 fully saturated rings. The number of alkyl halides is 2. The lowest BCUT2D eigenvalue weighted by Crippen LogP contribution is -2.59. The highest BCUT2D eigenvalue weighted by molar-refractivity contribution is 9.10. The Bertz CT molecular complexity index is 670. The van der Waals surface area contributed by atoms with E-state index in [2.05, 4.69) is 38.4 Å². The monoisotopic (exact) mass is 354 g/mol. The van der Waals surface area contributed by atoms with Crippen LogP contribution in [0.1, 0.15) is 25.3 Å². The molecule has 1 aromatic carbocycles. The minimum atomic E-state index is -3.21. The maximum Gasteiger partial charge on any atom is 0.320 e. The number of hydrogen-bond acceptors (Lipinski definition) is 1. The van der Waals surface area contributed by atoms with Crippen molar-refractivity contribution in [2.75, 3.05) is 5.32 Å². The maximum absolute atomic E-state index is 14.3. The van der Waals surface area contributed by atoms with E-state index in [-0.39, 0.29) is 11.5 Å². The van der Waals surface area contributed by atoms with Crippen LogP contribution in [0.4, 0.5) is 19.3 Å². The van der Waals surface area contributed by atoms with Crippen LogP contribution in [0.2, 0.25) is 0 Å². The number of carbonyl (C=O) groups excluding carboxylic acids is 1. The second kappa shape index (κ2) is 4.70. The van der Waals surface area contributed by atoms with E-state index in [0.29, 0.717) is 10.2 Å². The van der Waals surface area contributed by atoms with Crippen LogP contribution in [-0.4, -0.2) is 12.0 Å². The van der Waals surface area contributed by atoms with Crippen molar-refractivity contribution in [1.82, 2.24) is 5.32 Å². The summed E-state index contributed by atoms with van der Waals surface area (Å²) in [6, 6.07) is 4.15.